The number of amides is 1. The zero-order valence-corrected chi connectivity index (χ0v) is 15.5. The third-order valence-electron chi connectivity index (χ3n) is 5.12. The Bertz CT molecular complexity index is 931. The smallest absolute Gasteiger partial charge is 0.287 e. The van der Waals surface area contributed by atoms with Gasteiger partial charge in [-0.15, -0.1) is 0 Å². The Morgan fingerprint density at radius 3 is 2.61 bits per heavy atom. The number of aliphatic hydroxyl groups is 1. The van der Waals surface area contributed by atoms with Gasteiger partial charge in [0.25, 0.3) is 5.91 Å². The molecule has 28 heavy (non-hydrogen) atoms. The standard InChI is InChI=1S/C22H22N2O4/c1-27-17-7-5-14(6-8-17)19-9-10-20(28-19)22(26)24-21(15-12-16(25)13-15)18-4-2-3-11-23-18/h2-11,15-16,21,25H,12-13H2,1H3,(H,24,26)/t15?,16?,21-/m1/s1. The van der Waals surface area contributed by atoms with E-state index in [0.29, 0.717) is 18.6 Å². The van der Waals surface area contributed by atoms with Gasteiger partial charge in [0.15, 0.2) is 5.76 Å². The maximum Gasteiger partial charge on any atom is 0.287 e. The van der Waals surface area contributed by atoms with Crippen LogP contribution < -0.4 is 10.1 Å². The molecule has 0 unspecified atom stereocenters. The first-order chi connectivity index (χ1) is 13.6. The minimum atomic E-state index is -0.307. The minimum absolute atomic E-state index is 0.157. The van der Waals surface area contributed by atoms with Crippen LogP contribution in [0.2, 0.25) is 0 Å². The third-order valence-corrected chi connectivity index (χ3v) is 5.12. The first kappa shape index (κ1) is 18.3. The van der Waals surface area contributed by atoms with E-state index in [1.165, 1.54) is 0 Å². The molecule has 1 amide bonds. The van der Waals surface area contributed by atoms with Crippen LogP contribution in [0.1, 0.15) is 35.1 Å². The topological polar surface area (TPSA) is 84.6 Å². The molecule has 4 rings (SSSR count). The summed E-state index contributed by atoms with van der Waals surface area (Å²) in [6.45, 7) is 0. The molecular formula is C22H22N2O4. The molecule has 2 aromatic heterocycles. The Labute approximate surface area is 163 Å². The second-order valence-electron chi connectivity index (χ2n) is 6.98. The van der Waals surface area contributed by atoms with Crippen molar-refractivity contribution in [2.45, 2.75) is 25.0 Å². The van der Waals surface area contributed by atoms with Crippen molar-refractivity contribution in [2.75, 3.05) is 7.11 Å². The number of hydrogen-bond donors (Lipinski definition) is 2. The van der Waals surface area contributed by atoms with E-state index >= 15 is 0 Å². The lowest BCUT2D eigenvalue weighted by Gasteiger charge is -2.37. The van der Waals surface area contributed by atoms with Gasteiger partial charge in [0.05, 0.1) is 24.9 Å². The van der Waals surface area contributed by atoms with Gasteiger partial charge in [-0.3, -0.25) is 9.78 Å². The second kappa shape index (κ2) is 7.86. The second-order valence-corrected chi connectivity index (χ2v) is 6.98. The quantitative estimate of drug-likeness (QED) is 0.685. The summed E-state index contributed by atoms with van der Waals surface area (Å²) in [5, 5.41) is 12.7. The molecule has 2 N–H and O–H groups in total. The van der Waals surface area contributed by atoms with Crippen LogP contribution in [-0.4, -0.2) is 29.2 Å². The summed E-state index contributed by atoms with van der Waals surface area (Å²) < 4.78 is 10.9. The van der Waals surface area contributed by atoms with Gasteiger partial charge in [-0.2, -0.15) is 0 Å². The van der Waals surface area contributed by atoms with Crippen LogP contribution in [0.5, 0.6) is 5.75 Å². The molecule has 3 aromatic rings. The normalized spacial score (nSPS) is 19.5. The highest BCUT2D eigenvalue weighted by atomic mass is 16.5. The van der Waals surface area contributed by atoms with Crippen LogP contribution >= 0.6 is 0 Å². The number of aromatic nitrogens is 1. The maximum atomic E-state index is 12.8. The number of pyridine rings is 1. The molecule has 0 bridgehead atoms. The molecule has 1 saturated carbocycles. The van der Waals surface area contributed by atoms with Crippen molar-refractivity contribution in [3.8, 4) is 17.1 Å². The molecule has 0 spiro atoms. The van der Waals surface area contributed by atoms with E-state index in [0.717, 1.165) is 17.0 Å². The molecule has 1 fully saturated rings. The number of benzene rings is 1. The summed E-state index contributed by atoms with van der Waals surface area (Å²) in [6, 6.07) is 16.3. The summed E-state index contributed by atoms with van der Waals surface area (Å²) in [7, 11) is 1.61. The Hall–Kier alpha value is -3.12. The van der Waals surface area contributed by atoms with E-state index in [-0.39, 0.29) is 29.7 Å². The molecule has 1 aliphatic rings. The zero-order chi connectivity index (χ0) is 19.5. The van der Waals surface area contributed by atoms with Gasteiger partial charge in [0, 0.05) is 11.8 Å². The zero-order valence-electron chi connectivity index (χ0n) is 15.5. The summed E-state index contributed by atoms with van der Waals surface area (Å²) in [5.74, 6) is 1.48. The summed E-state index contributed by atoms with van der Waals surface area (Å²) in [6.07, 6.45) is 2.70. The molecule has 1 atom stereocenters. The number of ether oxygens (including phenoxy) is 1. The van der Waals surface area contributed by atoms with E-state index in [1.807, 2.05) is 42.5 Å². The predicted molar refractivity (Wildman–Crippen MR) is 104 cm³/mol. The van der Waals surface area contributed by atoms with Crippen molar-refractivity contribution in [3.05, 3.63) is 72.2 Å². The molecule has 1 aliphatic carbocycles. The van der Waals surface area contributed by atoms with Crippen molar-refractivity contribution in [2.24, 2.45) is 5.92 Å². The van der Waals surface area contributed by atoms with Gasteiger partial charge in [-0.05, 0) is 67.3 Å². The molecule has 1 aromatic carbocycles. The van der Waals surface area contributed by atoms with Gasteiger partial charge >= 0.3 is 0 Å². The number of carbonyl (C=O) groups is 1. The van der Waals surface area contributed by atoms with Gasteiger partial charge in [-0.1, -0.05) is 6.07 Å². The molecule has 2 heterocycles. The summed E-state index contributed by atoms with van der Waals surface area (Å²) >= 11 is 0. The highest BCUT2D eigenvalue weighted by Gasteiger charge is 2.36. The average Bonchev–Trinajstić information content (AvgIpc) is 3.21. The number of hydrogen-bond acceptors (Lipinski definition) is 5. The van der Waals surface area contributed by atoms with Crippen molar-refractivity contribution in [3.63, 3.8) is 0 Å². The molecule has 144 valence electrons. The van der Waals surface area contributed by atoms with E-state index in [2.05, 4.69) is 10.3 Å². The molecule has 0 radical (unpaired) electrons. The molecule has 0 aliphatic heterocycles. The van der Waals surface area contributed by atoms with Crippen molar-refractivity contribution in [1.82, 2.24) is 10.3 Å². The minimum Gasteiger partial charge on any atom is -0.497 e. The first-order valence-electron chi connectivity index (χ1n) is 9.28. The largest absolute Gasteiger partial charge is 0.497 e. The number of carbonyl (C=O) groups excluding carboxylic acids is 1. The van der Waals surface area contributed by atoms with Crippen molar-refractivity contribution in [1.29, 1.82) is 0 Å². The van der Waals surface area contributed by atoms with Crippen LogP contribution in [0, 0.1) is 5.92 Å². The molecule has 6 nitrogen and oxygen atoms in total. The predicted octanol–water partition coefficient (Wildman–Crippen LogP) is 3.59. The lowest BCUT2D eigenvalue weighted by molar-refractivity contribution is 0.0225. The fourth-order valence-corrected chi connectivity index (χ4v) is 3.48. The average molecular weight is 378 g/mol. The van der Waals surface area contributed by atoms with Crippen LogP contribution in [0.4, 0.5) is 0 Å². The van der Waals surface area contributed by atoms with Crippen molar-refractivity contribution < 1.29 is 19.1 Å². The number of nitrogens with zero attached hydrogens (tertiary/aromatic N) is 1. The highest BCUT2D eigenvalue weighted by Crippen LogP contribution is 2.37. The third kappa shape index (κ3) is 3.77. The van der Waals surface area contributed by atoms with Gasteiger partial charge < -0.3 is 19.6 Å². The molecule has 6 heteroatoms. The van der Waals surface area contributed by atoms with Crippen LogP contribution in [0.3, 0.4) is 0 Å². The van der Waals surface area contributed by atoms with Crippen LogP contribution in [0.15, 0.2) is 65.2 Å². The summed E-state index contributed by atoms with van der Waals surface area (Å²) in [5.41, 5.74) is 1.65. The lowest BCUT2D eigenvalue weighted by Crippen LogP contribution is -2.41. The summed E-state index contributed by atoms with van der Waals surface area (Å²) in [4.78, 5) is 17.2. The van der Waals surface area contributed by atoms with Crippen LogP contribution in [-0.2, 0) is 0 Å². The number of rotatable bonds is 6. The van der Waals surface area contributed by atoms with Gasteiger partial charge in [0.1, 0.15) is 11.5 Å². The Kier molecular flexibility index (Phi) is 5.12. The van der Waals surface area contributed by atoms with E-state index < -0.39 is 0 Å². The van der Waals surface area contributed by atoms with Crippen LogP contribution in [0.25, 0.3) is 11.3 Å². The Balaban J connectivity index is 1.51. The fraction of sp³-hybridized carbons (Fsp3) is 0.273. The highest BCUT2D eigenvalue weighted by molar-refractivity contribution is 5.92. The molecular weight excluding hydrogens is 356 g/mol. The SMILES string of the molecule is COc1ccc(-c2ccc(C(=O)N[C@@H](c3ccccn3)C3CC(O)C3)o2)cc1. The number of aliphatic hydroxyl groups excluding tert-OH is 1. The van der Waals surface area contributed by atoms with Gasteiger partial charge in [0.2, 0.25) is 0 Å². The number of furan rings is 1. The number of methoxy groups -OCH3 is 1. The number of nitrogens with one attached hydrogen (secondary N) is 1. The van der Waals surface area contributed by atoms with E-state index in [1.54, 1.807) is 25.4 Å². The van der Waals surface area contributed by atoms with E-state index in [9.17, 15) is 9.90 Å². The lowest BCUT2D eigenvalue weighted by atomic mass is 9.76. The first-order valence-corrected chi connectivity index (χ1v) is 9.28. The fourth-order valence-electron chi connectivity index (χ4n) is 3.48. The Morgan fingerprint density at radius 1 is 1.18 bits per heavy atom. The monoisotopic (exact) mass is 378 g/mol. The van der Waals surface area contributed by atoms with E-state index in [4.69, 9.17) is 9.15 Å². The molecule has 0 saturated heterocycles. The Morgan fingerprint density at radius 2 is 1.96 bits per heavy atom. The van der Waals surface area contributed by atoms with Gasteiger partial charge in [-0.25, -0.2) is 0 Å². The maximum absolute atomic E-state index is 12.8. The van der Waals surface area contributed by atoms with Crippen molar-refractivity contribution >= 4 is 5.91 Å².